The van der Waals surface area contributed by atoms with Crippen molar-refractivity contribution in [3.05, 3.63) is 138 Å². The number of aliphatic imine (C=N–C) groups is 1. The normalized spacial score (nSPS) is 17.5. The first-order chi connectivity index (χ1) is 24.1. The Balaban J connectivity index is 0.000000732. The highest BCUT2D eigenvalue weighted by atomic mass is 19.4. The van der Waals surface area contributed by atoms with E-state index in [4.69, 9.17) is 4.74 Å². The molecule has 0 bridgehead atoms. The third-order valence-corrected chi connectivity index (χ3v) is 8.05. The Kier molecular flexibility index (Phi) is 11.8. The highest BCUT2D eigenvalue weighted by Crippen LogP contribution is 2.28. The van der Waals surface area contributed by atoms with Crippen molar-refractivity contribution in [1.29, 1.82) is 0 Å². The van der Waals surface area contributed by atoms with Gasteiger partial charge in [0.2, 0.25) is 18.0 Å². The van der Waals surface area contributed by atoms with Crippen molar-refractivity contribution in [3.63, 3.8) is 0 Å². The van der Waals surface area contributed by atoms with Crippen molar-refractivity contribution < 1.29 is 37.1 Å². The Morgan fingerprint density at radius 1 is 0.860 bits per heavy atom. The first-order valence-electron chi connectivity index (χ1n) is 16.0. The number of rotatable bonds is 9. The molecule has 0 spiro atoms. The molecule has 0 radical (unpaired) electrons. The van der Waals surface area contributed by atoms with E-state index in [1.807, 2.05) is 54.6 Å². The van der Waals surface area contributed by atoms with Crippen LogP contribution >= 0.6 is 0 Å². The highest BCUT2D eigenvalue weighted by molar-refractivity contribution is 6.19. The summed E-state index contributed by atoms with van der Waals surface area (Å²) in [5.41, 5.74) is 2.89. The van der Waals surface area contributed by atoms with E-state index in [1.165, 1.54) is 0 Å². The van der Waals surface area contributed by atoms with Gasteiger partial charge in [-0.25, -0.2) is 14.7 Å². The number of benzodiazepines with no additional fused rings is 1. The predicted octanol–water partition coefficient (Wildman–Crippen LogP) is 6.54. The quantitative estimate of drug-likeness (QED) is 0.208. The lowest BCUT2D eigenvalue weighted by Gasteiger charge is -2.24. The number of halogens is 3. The summed E-state index contributed by atoms with van der Waals surface area (Å²) in [6.45, 7) is -0.0847. The molecule has 2 N–H and O–H groups in total. The maximum Gasteiger partial charge on any atom is 0.416 e. The van der Waals surface area contributed by atoms with Gasteiger partial charge in [-0.15, -0.1) is 0 Å². The molecule has 50 heavy (non-hydrogen) atoms. The number of carbonyl (C=O) groups is 4. The van der Waals surface area contributed by atoms with Crippen LogP contribution in [0.5, 0.6) is 0 Å². The van der Waals surface area contributed by atoms with E-state index >= 15 is 0 Å². The van der Waals surface area contributed by atoms with Gasteiger partial charge in [-0.2, -0.15) is 13.2 Å². The summed E-state index contributed by atoms with van der Waals surface area (Å²) in [5, 5.41) is 5.15. The van der Waals surface area contributed by atoms with E-state index in [0.29, 0.717) is 22.5 Å². The van der Waals surface area contributed by atoms with Crippen molar-refractivity contribution in [2.24, 2.45) is 10.9 Å². The molecule has 0 saturated carbocycles. The fourth-order valence-electron chi connectivity index (χ4n) is 5.59. The number of nitrogens with one attached hydrogen (secondary N) is 2. The molecule has 1 saturated heterocycles. The Bertz CT molecular complexity index is 1780. The highest BCUT2D eigenvalue weighted by Gasteiger charge is 2.41. The van der Waals surface area contributed by atoms with Crippen molar-refractivity contribution in [3.8, 4) is 0 Å². The molecule has 0 aliphatic carbocycles. The zero-order valence-electron chi connectivity index (χ0n) is 26.9. The molecule has 12 heteroatoms. The number of amides is 4. The molecule has 4 aromatic rings. The number of hydrogen-bond acceptors (Lipinski definition) is 6. The monoisotopic (exact) mass is 684 g/mol. The number of nitrogens with zero attached hydrogens (tertiary/aromatic N) is 2. The van der Waals surface area contributed by atoms with Crippen LogP contribution < -0.4 is 10.6 Å². The van der Waals surface area contributed by atoms with E-state index in [9.17, 15) is 32.3 Å². The lowest BCUT2D eigenvalue weighted by molar-refractivity contribution is -0.145. The average molecular weight is 685 g/mol. The molecule has 2 aliphatic rings. The predicted molar refractivity (Wildman–Crippen MR) is 181 cm³/mol. The summed E-state index contributed by atoms with van der Waals surface area (Å²) in [4.78, 5) is 57.9. The Labute approximate surface area is 287 Å². The van der Waals surface area contributed by atoms with Gasteiger partial charge in [-0.3, -0.25) is 14.4 Å². The topological polar surface area (TPSA) is 117 Å². The molecule has 2 heterocycles. The van der Waals surface area contributed by atoms with E-state index in [1.54, 1.807) is 66.7 Å². The van der Waals surface area contributed by atoms with E-state index in [2.05, 4.69) is 15.6 Å². The zero-order chi connectivity index (χ0) is 35.5. The van der Waals surface area contributed by atoms with Gasteiger partial charge >= 0.3 is 12.3 Å². The molecule has 4 amide bonds. The van der Waals surface area contributed by atoms with Crippen LogP contribution in [0.25, 0.3) is 0 Å². The lowest BCUT2D eigenvalue weighted by atomic mass is 9.96. The Morgan fingerprint density at radius 3 is 2.08 bits per heavy atom. The second kappa shape index (κ2) is 16.6. The van der Waals surface area contributed by atoms with Crippen LogP contribution in [0, 0.1) is 5.92 Å². The number of alkyl halides is 3. The second-order valence-electron chi connectivity index (χ2n) is 11.7. The maximum absolute atomic E-state index is 13.5. The first kappa shape index (κ1) is 35.5. The van der Waals surface area contributed by atoms with Crippen LogP contribution in [-0.2, 0) is 25.5 Å². The number of hydrogen-bond donors (Lipinski definition) is 2. The summed E-state index contributed by atoms with van der Waals surface area (Å²) in [7, 11) is 0. The third kappa shape index (κ3) is 9.65. The second-order valence-corrected chi connectivity index (χ2v) is 11.7. The van der Waals surface area contributed by atoms with Crippen molar-refractivity contribution >= 4 is 35.2 Å². The number of benzene rings is 4. The van der Waals surface area contributed by atoms with E-state index < -0.39 is 67.4 Å². The molecule has 4 aromatic carbocycles. The standard InChI is InChI=1S/C32H29F3N4O5.C6H6/c33-32(34,35)16-15-22(18-26(40)39-23(19-44-31(39)43)17-20-9-3-1-4-10-20)29(41)38-28-30(42)36-25-14-8-7-13-24(25)27(37-28)21-11-5-2-6-12-21;1-2-4-6-5-3-1/h1-14,22-23,28H,15-19H2,(H,36,42)(H,38,41);1-6H. The molecule has 9 nitrogen and oxygen atoms in total. The number of anilines is 1. The number of para-hydroxylation sites is 1. The lowest BCUT2D eigenvalue weighted by Crippen LogP contribution is -2.47. The minimum atomic E-state index is -4.61. The molecule has 6 rings (SSSR count). The molecule has 0 aromatic heterocycles. The summed E-state index contributed by atoms with van der Waals surface area (Å²) >= 11 is 0. The summed E-state index contributed by atoms with van der Waals surface area (Å²) in [5.74, 6) is -4.04. The van der Waals surface area contributed by atoms with Crippen LogP contribution in [0.3, 0.4) is 0 Å². The molecule has 3 atom stereocenters. The molecular weight excluding hydrogens is 649 g/mol. The van der Waals surface area contributed by atoms with E-state index in [0.717, 1.165) is 10.5 Å². The number of ether oxygens (including phenoxy) is 1. The molecule has 1 fully saturated rings. The van der Waals surface area contributed by atoms with Crippen LogP contribution in [0.15, 0.2) is 126 Å². The van der Waals surface area contributed by atoms with Gasteiger partial charge in [0.05, 0.1) is 17.4 Å². The van der Waals surface area contributed by atoms with Crippen LogP contribution in [0.2, 0.25) is 0 Å². The van der Waals surface area contributed by atoms with Crippen molar-refractivity contribution in [2.45, 2.75) is 44.1 Å². The number of fused-ring (bicyclic) bond motifs is 1. The van der Waals surface area contributed by atoms with Crippen LogP contribution in [0.1, 0.15) is 36.0 Å². The zero-order valence-corrected chi connectivity index (χ0v) is 26.9. The third-order valence-electron chi connectivity index (χ3n) is 8.05. The minimum Gasteiger partial charge on any atom is -0.447 e. The molecular formula is C38H35F3N4O5. The summed E-state index contributed by atoms with van der Waals surface area (Å²) in [6, 6.07) is 36.1. The van der Waals surface area contributed by atoms with Gasteiger partial charge in [0, 0.05) is 29.9 Å². The van der Waals surface area contributed by atoms with Gasteiger partial charge < -0.3 is 15.4 Å². The van der Waals surface area contributed by atoms with Gasteiger partial charge in [0.1, 0.15) is 6.61 Å². The largest absolute Gasteiger partial charge is 0.447 e. The molecule has 2 aliphatic heterocycles. The number of cyclic esters (lactones) is 1. The van der Waals surface area contributed by atoms with Crippen molar-refractivity contribution in [2.75, 3.05) is 11.9 Å². The van der Waals surface area contributed by atoms with Gasteiger partial charge in [0.25, 0.3) is 5.91 Å². The van der Waals surface area contributed by atoms with Gasteiger partial charge in [-0.05, 0) is 24.5 Å². The number of carbonyl (C=O) groups excluding carboxylic acids is 4. The van der Waals surface area contributed by atoms with Crippen LogP contribution in [0.4, 0.5) is 23.7 Å². The van der Waals surface area contributed by atoms with E-state index in [-0.39, 0.29) is 13.0 Å². The summed E-state index contributed by atoms with van der Waals surface area (Å²) < 4.78 is 44.9. The average Bonchev–Trinajstić information content (AvgIpc) is 3.42. The SMILES string of the molecule is O=C(NC1N=C(c2ccccc2)c2ccccc2NC1=O)C(CCC(F)(F)F)CC(=O)N1C(=O)OCC1Cc1ccccc1.c1ccccc1. The first-order valence-corrected chi connectivity index (χ1v) is 16.0. The molecule has 258 valence electrons. The van der Waals surface area contributed by atoms with Crippen molar-refractivity contribution in [1.82, 2.24) is 10.2 Å². The smallest absolute Gasteiger partial charge is 0.416 e. The molecule has 3 unspecified atom stereocenters. The fraction of sp³-hybridized carbons (Fsp3) is 0.237. The Morgan fingerprint density at radius 2 is 1.44 bits per heavy atom. The fourth-order valence-corrected chi connectivity index (χ4v) is 5.59. The van der Waals surface area contributed by atoms with Gasteiger partial charge in [-0.1, -0.05) is 115 Å². The Hall–Kier alpha value is -5.78. The minimum absolute atomic E-state index is 0.0847. The summed E-state index contributed by atoms with van der Waals surface area (Å²) in [6.07, 6.45) is -9.55. The number of imide groups is 1. The van der Waals surface area contributed by atoms with Crippen LogP contribution in [-0.4, -0.2) is 59.4 Å². The van der Waals surface area contributed by atoms with Gasteiger partial charge in [0.15, 0.2) is 0 Å². The maximum atomic E-state index is 13.5.